The van der Waals surface area contributed by atoms with Crippen molar-refractivity contribution in [3.05, 3.63) is 0 Å². The van der Waals surface area contributed by atoms with E-state index in [0.29, 0.717) is 5.41 Å². The van der Waals surface area contributed by atoms with Crippen molar-refractivity contribution < 1.29 is 18.9 Å². The van der Waals surface area contributed by atoms with E-state index in [1.165, 1.54) is 0 Å². The van der Waals surface area contributed by atoms with Gasteiger partial charge in [0.2, 0.25) is 0 Å². The maximum Gasteiger partial charge on any atom is 0.0712 e. The molecule has 4 saturated heterocycles. The first kappa shape index (κ1) is 55.9. The molecule has 0 N–H and O–H groups in total. The maximum absolute atomic E-state index is 6.69. The fourth-order valence-corrected chi connectivity index (χ4v) is 11.1. The predicted molar refractivity (Wildman–Crippen MR) is 255 cm³/mol. The maximum atomic E-state index is 6.69. The van der Waals surface area contributed by atoms with E-state index in [1.807, 2.05) is 0 Å². The van der Waals surface area contributed by atoms with E-state index >= 15 is 0 Å². The van der Waals surface area contributed by atoms with Crippen LogP contribution in [0.3, 0.4) is 0 Å². The Kier molecular flexibility index (Phi) is 13.6. The fraction of sp³-hybridized carbons (Fsp3) is 1.00. The van der Waals surface area contributed by atoms with Crippen LogP contribution in [0.5, 0.6) is 0 Å². The summed E-state index contributed by atoms with van der Waals surface area (Å²) in [5.41, 5.74) is 1.13. The molecule has 348 valence electrons. The van der Waals surface area contributed by atoms with E-state index in [-0.39, 0.29) is 93.5 Å². The van der Waals surface area contributed by atoms with Crippen LogP contribution in [0.15, 0.2) is 0 Å². The number of hydrogen-bond donors (Lipinski definition) is 0. The van der Waals surface area contributed by atoms with Gasteiger partial charge in [-0.25, -0.2) is 0 Å². The molecule has 0 aromatic carbocycles. The van der Waals surface area contributed by atoms with Crippen molar-refractivity contribution in [2.24, 2.45) is 54.1 Å². The van der Waals surface area contributed by atoms with E-state index in [1.54, 1.807) is 0 Å². The molecule has 4 aliphatic rings. The molecular weight excluding hydrogens is 713 g/mol. The molecule has 0 unspecified atom stereocenters. The lowest BCUT2D eigenvalue weighted by Gasteiger charge is -2.69. The standard InChI is InChI=1S/C18H36O.C15H30O.C12H24O.C9H18O/c1-13(2)14(3,4)16(7,8)18(11,12)19-17(9,10)15(13,5)6;1-11(2)12(3,4)14(7,8)16-15(9,10)13(11,5)6;1-9(2)10(3,4)12(7,8)13-11(9,5)6;1-7(2)8(3,4)10-9(7,5)6/h1-12H3;1-10H3;1-8H3;1-6H3. The van der Waals surface area contributed by atoms with Gasteiger partial charge in [-0.2, -0.15) is 0 Å². The van der Waals surface area contributed by atoms with Crippen molar-refractivity contribution >= 4 is 0 Å². The molecule has 58 heavy (non-hydrogen) atoms. The Morgan fingerprint density at radius 3 is 0.293 bits per heavy atom. The number of hydrogen-bond acceptors (Lipinski definition) is 4. The summed E-state index contributed by atoms with van der Waals surface area (Å²) in [4.78, 5) is 0. The Morgan fingerprint density at radius 2 is 0.207 bits per heavy atom. The van der Waals surface area contributed by atoms with Gasteiger partial charge in [-0.05, 0) is 149 Å². The van der Waals surface area contributed by atoms with E-state index in [2.05, 4.69) is 249 Å². The van der Waals surface area contributed by atoms with Gasteiger partial charge in [0.15, 0.2) is 0 Å². The van der Waals surface area contributed by atoms with Gasteiger partial charge in [0.05, 0.1) is 44.8 Å². The van der Waals surface area contributed by atoms with Crippen molar-refractivity contribution in [1.29, 1.82) is 0 Å². The Balaban J connectivity index is 0.000000396. The van der Waals surface area contributed by atoms with Gasteiger partial charge in [0.25, 0.3) is 0 Å². The molecule has 0 radical (unpaired) electrons. The molecule has 4 rings (SSSR count). The third-order valence-electron chi connectivity index (χ3n) is 23.5. The normalized spacial score (nSPS) is 33.3. The molecule has 4 heteroatoms. The second-order valence-electron chi connectivity index (χ2n) is 28.7. The van der Waals surface area contributed by atoms with Gasteiger partial charge >= 0.3 is 0 Å². The first-order valence-electron chi connectivity index (χ1n) is 23.1. The second kappa shape index (κ2) is 14.2. The van der Waals surface area contributed by atoms with Crippen LogP contribution in [0.25, 0.3) is 0 Å². The van der Waals surface area contributed by atoms with E-state index in [4.69, 9.17) is 18.9 Å². The van der Waals surface area contributed by atoms with Crippen LogP contribution in [0.4, 0.5) is 0 Å². The summed E-state index contributed by atoms with van der Waals surface area (Å²) in [6.07, 6.45) is 0. The van der Waals surface area contributed by atoms with E-state index < -0.39 is 0 Å². The first-order chi connectivity index (χ1) is 24.3. The van der Waals surface area contributed by atoms with Crippen molar-refractivity contribution in [2.75, 3.05) is 0 Å². The van der Waals surface area contributed by atoms with Crippen LogP contribution >= 0.6 is 0 Å². The largest absolute Gasteiger partial charge is 0.369 e. The zero-order valence-corrected chi connectivity index (χ0v) is 46.6. The van der Waals surface area contributed by atoms with Gasteiger partial charge in [-0.3, -0.25) is 0 Å². The van der Waals surface area contributed by atoms with Gasteiger partial charge in [-0.1, -0.05) is 138 Å². The highest BCUT2D eigenvalue weighted by Gasteiger charge is 2.68. The highest BCUT2D eigenvalue weighted by molar-refractivity contribution is 5.16. The molecular formula is C54H108O4. The lowest BCUT2D eigenvalue weighted by Crippen LogP contribution is -2.69. The number of rotatable bonds is 0. The number of ether oxygens (including phenoxy) is 4. The second-order valence-corrected chi connectivity index (χ2v) is 28.7. The van der Waals surface area contributed by atoms with E-state index in [9.17, 15) is 0 Å². The zero-order valence-electron chi connectivity index (χ0n) is 46.6. The monoisotopic (exact) mass is 821 g/mol. The molecule has 4 nitrogen and oxygen atoms in total. The van der Waals surface area contributed by atoms with Crippen LogP contribution in [-0.2, 0) is 18.9 Å². The molecule has 0 atom stereocenters. The van der Waals surface area contributed by atoms with Crippen molar-refractivity contribution in [3.8, 4) is 0 Å². The zero-order chi connectivity index (χ0) is 47.8. The van der Waals surface area contributed by atoms with Crippen LogP contribution < -0.4 is 0 Å². The Labute approximate surface area is 366 Å². The summed E-state index contributed by atoms with van der Waals surface area (Å²) in [5.74, 6) is 0. The quantitative estimate of drug-likeness (QED) is 0.244. The van der Waals surface area contributed by atoms with Crippen molar-refractivity contribution in [3.63, 3.8) is 0 Å². The van der Waals surface area contributed by atoms with Gasteiger partial charge < -0.3 is 18.9 Å². The van der Waals surface area contributed by atoms with Crippen LogP contribution in [0.1, 0.15) is 249 Å². The third kappa shape index (κ3) is 7.48. The molecule has 0 saturated carbocycles. The summed E-state index contributed by atoms with van der Waals surface area (Å²) in [6.45, 7) is 82.4. The summed E-state index contributed by atoms with van der Waals surface area (Å²) >= 11 is 0. The minimum atomic E-state index is -0.162. The lowest BCUT2D eigenvalue weighted by molar-refractivity contribution is -0.339. The molecule has 0 bridgehead atoms. The third-order valence-corrected chi connectivity index (χ3v) is 23.5. The average Bonchev–Trinajstić information content (AvgIpc) is 3.01. The first-order valence-corrected chi connectivity index (χ1v) is 23.1. The Morgan fingerprint density at radius 1 is 0.121 bits per heavy atom. The van der Waals surface area contributed by atoms with Crippen LogP contribution in [0, 0.1) is 54.1 Å². The molecule has 0 aromatic heterocycles. The molecule has 0 aliphatic carbocycles. The summed E-state index contributed by atoms with van der Waals surface area (Å²) in [7, 11) is 0. The molecule has 0 amide bonds. The molecule has 4 aliphatic heterocycles. The topological polar surface area (TPSA) is 36.9 Å². The van der Waals surface area contributed by atoms with Gasteiger partial charge in [0.1, 0.15) is 0 Å². The minimum Gasteiger partial charge on any atom is -0.369 e. The van der Waals surface area contributed by atoms with E-state index in [0.717, 1.165) is 0 Å². The molecule has 0 spiro atoms. The van der Waals surface area contributed by atoms with Crippen LogP contribution in [0.2, 0.25) is 0 Å². The molecule has 4 heterocycles. The smallest absolute Gasteiger partial charge is 0.0712 e. The average molecular weight is 821 g/mol. The van der Waals surface area contributed by atoms with Crippen molar-refractivity contribution in [1.82, 2.24) is 0 Å². The minimum absolute atomic E-state index is 0.0417. The Bertz CT molecular complexity index is 1370. The van der Waals surface area contributed by atoms with Gasteiger partial charge in [0, 0.05) is 16.2 Å². The van der Waals surface area contributed by atoms with Gasteiger partial charge in [-0.15, -0.1) is 0 Å². The highest BCUT2D eigenvalue weighted by Crippen LogP contribution is 2.69. The summed E-state index contributed by atoms with van der Waals surface area (Å²) in [5, 5.41) is 0. The summed E-state index contributed by atoms with van der Waals surface area (Å²) < 4.78 is 25.0. The predicted octanol–water partition coefficient (Wildman–Crippen LogP) is 16.6. The van der Waals surface area contributed by atoms with Crippen LogP contribution in [-0.4, -0.2) is 44.8 Å². The molecule has 4 fully saturated rings. The fourth-order valence-electron chi connectivity index (χ4n) is 11.1. The molecule has 0 aromatic rings. The van der Waals surface area contributed by atoms with Crippen molar-refractivity contribution in [2.45, 2.75) is 294 Å². The SMILES string of the molecule is CC1(C)OC(C)(C)C(C)(C)C(C)(C)C(C)(C)C1(C)C.CC1(C)OC(C)(C)C(C)(C)C(C)(C)C1(C)C.CC1(C)OC(C)(C)C(C)(C)C1(C)C.CC1(C)OC(C)(C)C1(C)C. The summed E-state index contributed by atoms with van der Waals surface area (Å²) in [6, 6.07) is 0. The lowest BCUT2D eigenvalue weighted by atomic mass is 9.43. The Hall–Kier alpha value is -0.160. The highest BCUT2D eigenvalue weighted by atomic mass is 16.6.